The molecule has 4 bridgehead atoms. The van der Waals surface area contributed by atoms with Gasteiger partial charge in [-0.2, -0.15) is 0 Å². The minimum Gasteiger partial charge on any atom is -0.390 e. The lowest BCUT2D eigenvalue weighted by Crippen LogP contribution is -2.62. The van der Waals surface area contributed by atoms with Gasteiger partial charge in [0.15, 0.2) is 0 Å². The van der Waals surface area contributed by atoms with Gasteiger partial charge in [-0.1, -0.05) is 0 Å². The van der Waals surface area contributed by atoms with Crippen molar-refractivity contribution >= 4 is 35.1 Å². The van der Waals surface area contributed by atoms with Gasteiger partial charge in [0.1, 0.15) is 23.5 Å². The van der Waals surface area contributed by atoms with E-state index in [1.807, 2.05) is 0 Å². The number of likely N-dealkylation sites (N-methyl/N-ethyl adjacent to an activating group) is 1. The normalized spacial score (nSPS) is 25.9. The topological polar surface area (TPSA) is 201 Å². The van der Waals surface area contributed by atoms with Gasteiger partial charge in [0, 0.05) is 37.6 Å². The summed E-state index contributed by atoms with van der Waals surface area (Å²) in [7, 11) is 0. The highest BCUT2D eigenvalue weighted by Gasteiger charge is 2.55. The quantitative estimate of drug-likeness (QED) is 0.207. The number of nitrogens with one attached hydrogen (secondary N) is 4. The number of pyridine rings is 1. The van der Waals surface area contributed by atoms with E-state index in [-0.39, 0.29) is 61.1 Å². The number of hydrogen-bond donors (Lipinski definition) is 5. The zero-order valence-electron chi connectivity index (χ0n) is 25.4. The van der Waals surface area contributed by atoms with E-state index in [0.29, 0.717) is 18.8 Å². The van der Waals surface area contributed by atoms with Gasteiger partial charge in [-0.3, -0.25) is 33.8 Å². The van der Waals surface area contributed by atoms with Gasteiger partial charge in [0.25, 0.3) is 17.4 Å². The van der Waals surface area contributed by atoms with E-state index in [1.54, 1.807) is 6.92 Å². The Morgan fingerprint density at radius 2 is 1.84 bits per heavy atom. The molecule has 240 valence electrons. The third-order valence-electron chi connectivity index (χ3n) is 9.28. The Labute approximate surface area is 259 Å². The summed E-state index contributed by atoms with van der Waals surface area (Å²) in [5.74, 6) is -2.56. The van der Waals surface area contributed by atoms with Crippen LogP contribution >= 0.6 is 0 Å². The van der Waals surface area contributed by atoms with Crippen LogP contribution in [0.2, 0.25) is 0 Å². The molecule has 0 aromatic carbocycles. The molecule has 4 amide bonds. The summed E-state index contributed by atoms with van der Waals surface area (Å²) in [5, 5.41) is 21.5. The van der Waals surface area contributed by atoms with Crippen molar-refractivity contribution in [2.24, 2.45) is 17.8 Å². The summed E-state index contributed by atoms with van der Waals surface area (Å²) >= 11 is 0. The molecule has 3 atom stereocenters. The molecule has 4 aliphatic rings. The highest BCUT2D eigenvalue weighted by molar-refractivity contribution is 6.36. The van der Waals surface area contributed by atoms with Gasteiger partial charge >= 0.3 is 0 Å². The van der Waals surface area contributed by atoms with Crippen LogP contribution in [0.4, 0.5) is 5.69 Å². The molecule has 45 heavy (non-hydrogen) atoms. The first-order valence-electron chi connectivity index (χ1n) is 15.3. The number of nitrogens with zero attached hydrogens (tertiary/aromatic N) is 3. The third-order valence-corrected chi connectivity index (χ3v) is 9.28. The molecule has 4 saturated carbocycles. The number of amides is 4. The molecule has 0 radical (unpaired) electrons. The first kappa shape index (κ1) is 31.9. The summed E-state index contributed by atoms with van der Waals surface area (Å²) in [5.41, 5.74) is -3.22. The average molecular weight is 622 g/mol. The molecule has 2 heterocycles. The fourth-order valence-corrected chi connectivity index (χ4v) is 7.32. The first-order chi connectivity index (χ1) is 21.4. The predicted octanol–water partition coefficient (Wildman–Crippen LogP) is 0.307. The molecule has 0 spiro atoms. The number of hydrogen-bond acceptors (Lipinski definition) is 9. The van der Waals surface area contributed by atoms with Crippen LogP contribution in [0.3, 0.4) is 0 Å². The van der Waals surface area contributed by atoms with Gasteiger partial charge in [0.05, 0.1) is 11.8 Å². The van der Waals surface area contributed by atoms with E-state index >= 15 is 0 Å². The molecule has 6 rings (SSSR count). The van der Waals surface area contributed by atoms with Crippen molar-refractivity contribution in [1.29, 1.82) is 0 Å². The second kappa shape index (κ2) is 12.9. The van der Waals surface area contributed by atoms with E-state index in [9.17, 15) is 33.9 Å². The Morgan fingerprint density at radius 3 is 2.49 bits per heavy atom. The largest absolute Gasteiger partial charge is 0.390 e. The standard InChI is InChI=1S/C31H39N7O7/c1-3-33-27(42)23(39)6-7-30(2,37-26(41)22-16-32-8-9-34-22)29(44)35-21-5-4-10-38(28(21)43)17-24(40)36-25-19-11-18-12-20(25)15-31(45,13-18)14-19/h4-5,8-10,16,18-20,25,45H,3,6-7,11-15,17H2,1-2H3,(H,33,42)(H,35,44)(H,36,40)(H,37,41)/t18?,19?,20?,25?,30-,31?/m0/s1. The Morgan fingerprint density at radius 1 is 1.11 bits per heavy atom. The molecule has 14 nitrogen and oxygen atoms in total. The molecule has 0 saturated heterocycles. The zero-order valence-corrected chi connectivity index (χ0v) is 25.4. The van der Waals surface area contributed by atoms with E-state index in [2.05, 4.69) is 31.2 Å². The van der Waals surface area contributed by atoms with Crippen molar-refractivity contribution in [2.45, 2.75) is 82.5 Å². The lowest BCUT2D eigenvalue weighted by atomic mass is 9.52. The molecule has 0 aliphatic heterocycles. The number of ketones is 1. The Hall–Kier alpha value is -4.46. The van der Waals surface area contributed by atoms with Gasteiger partial charge in [-0.15, -0.1) is 0 Å². The maximum absolute atomic E-state index is 13.6. The number of aromatic nitrogens is 3. The van der Waals surface area contributed by atoms with Crippen LogP contribution in [0.25, 0.3) is 0 Å². The van der Waals surface area contributed by atoms with Crippen molar-refractivity contribution < 1.29 is 29.1 Å². The van der Waals surface area contributed by atoms with Crippen molar-refractivity contribution in [1.82, 2.24) is 30.5 Å². The minimum atomic E-state index is -1.75. The number of carbonyl (C=O) groups excluding carboxylic acids is 5. The minimum absolute atomic E-state index is 0.0475. The predicted molar refractivity (Wildman–Crippen MR) is 161 cm³/mol. The molecular weight excluding hydrogens is 582 g/mol. The van der Waals surface area contributed by atoms with Crippen LogP contribution in [-0.2, 0) is 25.7 Å². The van der Waals surface area contributed by atoms with Crippen LogP contribution in [0.1, 0.15) is 69.3 Å². The summed E-state index contributed by atoms with van der Waals surface area (Å²) in [6.07, 6.45) is 8.85. The Kier molecular flexibility index (Phi) is 9.14. The maximum atomic E-state index is 13.6. The maximum Gasteiger partial charge on any atom is 0.287 e. The van der Waals surface area contributed by atoms with Gasteiger partial charge in [-0.05, 0) is 82.3 Å². The number of rotatable bonds is 12. The molecule has 2 aromatic heterocycles. The lowest BCUT2D eigenvalue weighted by molar-refractivity contribution is -0.146. The Bertz CT molecular complexity index is 1530. The SMILES string of the molecule is CCNC(=O)C(=O)CC[C@](C)(NC(=O)c1cnccn1)C(=O)Nc1cccn(CC(=O)NC2C3CC4CC2CC(O)(C4)C3)c1=O. The van der Waals surface area contributed by atoms with Gasteiger partial charge in [0.2, 0.25) is 17.6 Å². The zero-order chi connectivity index (χ0) is 32.4. The lowest BCUT2D eigenvalue weighted by Gasteiger charge is -2.58. The summed E-state index contributed by atoms with van der Waals surface area (Å²) in [4.78, 5) is 85.1. The summed E-state index contributed by atoms with van der Waals surface area (Å²) in [6, 6.07) is 2.84. The molecule has 2 aromatic rings. The van der Waals surface area contributed by atoms with Crippen molar-refractivity contribution in [2.75, 3.05) is 11.9 Å². The molecule has 5 N–H and O–H groups in total. The second-order valence-electron chi connectivity index (χ2n) is 12.8. The van der Waals surface area contributed by atoms with Gasteiger partial charge < -0.3 is 30.9 Å². The molecular formula is C31H39N7O7. The highest BCUT2D eigenvalue weighted by Crippen LogP contribution is 2.55. The number of anilines is 1. The van der Waals surface area contributed by atoms with E-state index in [1.165, 1.54) is 48.4 Å². The first-order valence-corrected chi connectivity index (χ1v) is 15.3. The average Bonchev–Trinajstić information content (AvgIpc) is 2.99. The van der Waals surface area contributed by atoms with Crippen LogP contribution in [0.5, 0.6) is 0 Å². The molecule has 2 unspecified atom stereocenters. The van der Waals surface area contributed by atoms with Crippen molar-refractivity contribution in [3.05, 3.63) is 53.0 Å². The van der Waals surface area contributed by atoms with Crippen molar-refractivity contribution in [3.8, 4) is 0 Å². The van der Waals surface area contributed by atoms with Crippen LogP contribution in [0.15, 0.2) is 41.7 Å². The highest BCUT2D eigenvalue weighted by atomic mass is 16.3. The molecule has 14 heteroatoms. The Balaban J connectivity index is 1.28. The second-order valence-corrected chi connectivity index (χ2v) is 12.8. The van der Waals surface area contributed by atoms with E-state index in [4.69, 9.17) is 0 Å². The fourth-order valence-electron chi connectivity index (χ4n) is 7.32. The van der Waals surface area contributed by atoms with Crippen LogP contribution in [-0.4, -0.2) is 72.8 Å². The number of Topliss-reactive ketones (excluding diaryl/α,β-unsaturated/α-hetero) is 1. The number of carbonyl (C=O) groups is 5. The monoisotopic (exact) mass is 621 g/mol. The fraction of sp³-hybridized carbons (Fsp3) is 0.548. The number of aliphatic hydroxyl groups is 1. The van der Waals surface area contributed by atoms with E-state index in [0.717, 1.165) is 19.3 Å². The van der Waals surface area contributed by atoms with Crippen molar-refractivity contribution in [3.63, 3.8) is 0 Å². The van der Waals surface area contributed by atoms with Gasteiger partial charge in [-0.25, -0.2) is 4.98 Å². The molecule has 4 fully saturated rings. The third kappa shape index (κ3) is 7.11. The summed E-state index contributed by atoms with van der Waals surface area (Å²) < 4.78 is 1.18. The summed E-state index contributed by atoms with van der Waals surface area (Å²) in [6.45, 7) is 3.01. The van der Waals surface area contributed by atoms with Crippen LogP contribution in [0, 0.1) is 17.8 Å². The molecule has 4 aliphatic carbocycles. The van der Waals surface area contributed by atoms with E-state index < -0.39 is 40.2 Å². The van der Waals surface area contributed by atoms with Crippen LogP contribution < -0.4 is 26.8 Å². The smallest absolute Gasteiger partial charge is 0.287 e.